The summed E-state index contributed by atoms with van der Waals surface area (Å²) in [5.74, 6) is 0.283. The highest BCUT2D eigenvalue weighted by Crippen LogP contribution is 2.36. The van der Waals surface area contributed by atoms with Crippen LogP contribution in [0, 0.1) is 5.92 Å². The Kier molecular flexibility index (Phi) is 4.53. The number of carbonyl (C=O) groups is 1. The van der Waals surface area contributed by atoms with Crippen LogP contribution in [-0.4, -0.2) is 25.7 Å². The number of methoxy groups -OCH3 is 1. The number of hydrogen-bond donors (Lipinski definition) is 1. The maximum atomic E-state index is 11.7. The van der Waals surface area contributed by atoms with Gasteiger partial charge in [-0.3, -0.25) is 0 Å². The van der Waals surface area contributed by atoms with Crippen LogP contribution in [0.1, 0.15) is 43.5 Å². The number of carbonyl (C=O) groups excluding carboxylic acids is 1. The van der Waals surface area contributed by atoms with Crippen molar-refractivity contribution in [3.63, 3.8) is 0 Å². The van der Waals surface area contributed by atoms with E-state index in [1.807, 2.05) is 12.1 Å². The molecule has 0 bridgehead atoms. The van der Waals surface area contributed by atoms with Crippen molar-refractivity contribution in [3.8, 4) is 0 Å². The molecule has 110 valence electrons. The number of nitrogens with zero attached hydrogens (tertiary/aromatic N) is 1. The van der Waals surface area contributed by atoms with Gasteiger partial charge in [0.05, 0.1) is 24.0 Å². The normalized spacial score (nSPS) is 14.4. The maximum absolute atomic E-state index is 11.7. The van der Waals surface area contributed by atoms with Crippen molar-refractivity contribution in [2.24, 2.45) is 5.92 Å². The predicted molar refractivity (Wildman–Crippen MR) is 82.0 cm³/mol. The Morgan fingerprint density at radius 1 is 1.45 bits per heavy atom. The Morgan fingerprint density at radius 2 is 2.15 bits per heavy atom. The molecular formula is C16H24N2O2. The highest BCUT2D eigenvalue weighted by molar-refractivity contribution is 5.98. The minimum Gasteiger partial charge on any atom is -0.465 e. The molecule has 2 rings (SSSR count). The molecule has 1 saturated carbocycles. The number of para-hydroxylation sites is 1. The molecular weight excluding hydrogens is 252 g/mol. The van der Waals surface area contributed by atoms with E-state index < -0.39 is 0 Å². The first-order valence-corrected chi connectivity index (χ1v) is 7.28. The molecule has 0 aliphatic heterocycles. The third kappa shape index (κ3) is 3.24. The molecule has 0 saturated heterocycles. The Bertz CT molecular complexity index is 481. The van der Waals surface area contributed by atoms with Gasteiger partial charge in [-0.15, -0.1) is 0 Å². The Labute approximate surface area is 120 Å². The number of ether oxygens (including phenoxy) is 1. The van der Waals surface area contributed by atoms with Crippen LogP contribution in [0.4, 0.5) is 11.4 Å². The van der Waals surface area contributed by atoms with Crippen LogP contribution in [0.25, 0.3) is 0 Å². The molecule has 1 aliphatic carbocycles. The van der Waals surface area contributed by atoms with Crippen LogP contribution in [-0.2, 0) is 4.74 Å². The molecule has 0 radical (unpaired) electrons. The Morgan fingerprint density at radius 3 is 2.70 bits per heavy atom. The van der Waals surface area contributed by atoms with Gasteiger partial charge < -0.3 is 15.4 Å². The van der Waals surface area contributed by atoms with Crippen molar-refractivity contribution in [2.45, 2.75) is 39.2 Å². The van der Waals surface area contributed by atoms with Gasteiger partial charge in [0.2, 0.25) is 0 Å². The highest BCUT2D eigenvalue weighted by atomic mass is 16.5. The molecule has 1 aromatic rings. The smallest absolute Gasteiger partial charge is 0.340 e. The molecule has 2 N–H and O–H groups in total. The van der Waals surface area contributed by atoms with E-state index in [-0.39, 0.29) is 5.97 Å². The molecule has 4 nitrogen and oxygen atoms in total. The summed E-state index contributed by atoms with van der Waals surface area (Å²) in [6.45, 7) is 5.43. The number of nitrogens with two attached hydrogens (primary N) is 1. The Hall–Kier alpha value is -1.71. The lowest BCUT2D eigenvalue weighted by Crippen LogP contribution is -2.29. The fraction of sp³-hybridized carbons (Fsp3) is 0.562. The second kappa shape index (κ2) is 6.16. The first-order chi connectivity index (χ1) is 9.54. The fourth-order valence-corrected chi connectivity index (χ4v) is 2.37. The second-order valence-electron chi connectivity index (χ2n) is 5.84. The van der Waals surface area contributed by atoms with Crippen LogP contribution in [0.2, 0.25) is 0 Å². The number of rotatable bonds is 6. The van der Waals surface area contributed by atoms with Gasteiger partial charge in [-0.05, 0) is 37.3 Å². The number of benzene rings is 1. The molecule has 0 spiro atoms. The van der Waals surface area contributed by atoms with Crippen molar-refractivity contribution in [3.05, 3.63) is 23.8 Å². The van der Waals surface area contributed by atoms with Gasteiger partial charge in [0.25, 0.3) is 0 Å². The van der Waals surface area contributed by atoms with E-state index in [9.17, 15) is 4.79 Å². The van der Waals surface area contributed by atoms with Crippen molar-refractivity contribution in [1.82, 2.24) is 0 Å². The van der Waals surface area contributed by atoms with E-state index in [2.05, 4.69) is 18.7 Å². The molecule has 1 aliphatic rings. The van der Waals surface area contributed by atoms with Gasteiger partial charge in [0.1, 0.15) is 0 Å². The lowest BCUT2D eigenvalue weighted by molar-refractivity contribution is 0.0602. The SMILES string of the molecule is COC(=O)c1cccc(N(CCC(C)C)C2CC2)c1N. The van der Waals surface area contributed by atoms with Gasteiger partial charge in [-0.25, -0.2) is 4.79 Å². The summed E-state index contributed by atoms with van der Waals surface area (Å²) in [5.41, 5.74) is 8.15. The molecule has 1 fully saturated rings. The third-order valence-corrected chi connectivity index (χ3v) is 3.73. The summed E-state index contributed by atoms with van der Waals surface area (Å²) in [6, 6.07) is 6.17. The minimum absolute atomic E-state index is 0.371. The molecule has 0 heterocycles. The molecule has 20 heavy (non-hydrogen) atoms. The van der Waals surface area contributed by atoms with Gasteiger partial charge in [-0.1, -0.05) is 19.9 Å². The van der Waals surface area contributed by atoms with Crippen LogP contribution in [0.3, 0.4) is 0 Å². The summed E-state index contributed by atoms with van der Waals surface area (Å²) >= 11 is 0. The van der Waals surface area contributed by atoms with Crippen LogP contribution in [0.15, 0.2) is 18.2 Å². The average Bonchev–Trinajstić information content (AvgIpc) is 3.24. The van der Waals surface area contributed by atoms with Gasteiger partial charge >= 0.3 is 5.97 Å². The lowest BCUT2D eigenvalue weighted by Gasteiger charge is -2.27. The van der Waals surface area contributed by atoms with E-state index in [1.54, 1.807) is 6.07 Å². The zero-order valence-electron chi connectivity index (χ0n) is 12.6. The summed E-state index contributed by atoms with van der Waals surface area (Å²) in [5, 5.41) is 0. The quantitative estimate of drug-likeness (QED) is 0.641. The summed E-state index contributed by atoms with van der Waals surface area (Å²) in [6.07, 6.45) is 3.54. The van der Waals surface area contributed by atoms with E-state index in [4.69, 9.17) is 10.5 Å². The number of esters is 1. The van der Waals surface area contributed by atoms with Crippen molar-refractivity contribution in [2.75, 3.05) is 24.3 Å². The summed E-state index contributed by atoms with van der Waals surface area (Å²) < 4.78 is 4.79. The zero-order chi connectivity index (χ0) is 14.7. The van der Waals surface area contributed by atoms with E-state index in [0.717, 1.165) is 18.7 Å². The van der Waals surface area contributed by atoms with Gasteiger partial charge in [0, 0.05) is 12.6 Å². The average molecular weight is 276 g/mol. The van der Waals surface area contributed by atoms with E-state index in [1.165, 1.54) is 20.0 Å². The predicted octanol–water partition coefficient (Wildman–Crippen LogP) is 3.07. The number of nitrogen functional groups attached to an aromatic ring is 1. The molecule has 1 aromatic carbocycles. The summed E-state index contributed by atoms with van der Waals surface area (Å²) in [7, 11) is 1.38. The number of anilines is 2. The zero-order valence-corrected chi connectivity index (χ0v) is 12.6. The third-order valence-electron chi connectivity index (χ3n) is 3.73. The second-order valence-corrected chi connectivity index (χ2v) is 5.84. The molecule has 4 heteroatoms. The molecule has 0 atom stereocenters. The monoisotopic (exact) mass is 276 g/mol. The first-order valence-electron chi connectivity index (χ1n) is 7.28. The van der Waals surface area contributed by atoms with Crippen molar-refractivity contribution in [1.29, 1.82) is 0 Å². The number of hydrogen-bond acceptors (Lipinski definition) is 4. The maximum Gasteiger partial charge on any atom is 0.340 e. The largest absolute Gasteiger partial charge is 0.465 e. The fourth-order valence-electron chi connectivity index (χ4n) is 2.37. The summed E-state index contributed by atoms with van der Waals surface area (Å²) in [4.78, 5) is 14.1. The molecule has 0 unspecified atom stereocenters. The van der Waals surface area contributed by atoms with Crippen molar-refractivity contribution >= 4 is 17.3 Å². The van der Waals surface area contributed by atoms with Crippen molar-refractivity contribution < 1.29 is 9.53 Å². The topological polar surface area (TPSA) is 55.6 Å². The molecule has 0 aromatic heterocycles. The highest BCUT2D eigenvalue weighted by Gasteiger charge is 2.31. The lowest BCUT2D eigenvalue weighted by atomic mass is 10.1. The van der Waals surface area contributed by atoms with Gasteiger partial charge in [0.15, 0.2) is 0 Å². The standard InChI is InChI=1S/C16H24N2O2/c1-11(2)9-10-18(12-7-8-12)14-6-4-5-13(15(14)17)16(19)20-3/h4-6,11-12H,7-10,17H2,1-3H3. The van der Waals surface area contributed by atoms with Crippen LogP contribution >= 0.6 is 0 Å². The van der Waals surface area contributed by atoms with Gasteiger partial charge in [-0.2, -0.15) is 0 Å². The van der Waals surface area contributed by atoms with E-state index >= 15 is 0 Å². The first kappa shape index (κ1) is 14.7. The minimum atomic E-state index is -0.371. The molecule has 0 amide bonds. The van der Waals surface area contributed by atoms with E-state index in [0.29, 0.717) is 23.2 Å². The van der Waals surface area contributed by atoms with Crippen LogP contribution < -0.4 is 10.6 Å². The van der Waals surface area contributed by atoms with Crippen LogP contribution in [0.5, 0.6) is 0 Å². The Balaban J connectivity index is 2.26.